The van der Waals surface area contributed by atoms with Crippen molar-refractivity contribution in [1.29, 1.82) is 0 Å². The number of hydrogen-bond donors (Lipinski definition) is 0. The summed E-state index contributed by atoms with van der Waals surface area (Å²) in [7, 11) is 0. The Balaban J connectivity index is 1.71. The van der Waals surface area contributed by atoms with Gasteiger partial charge in [-0.15, -0.1) is 13.2 Å². The maximum Gasteiger partial charge on any atom is 0.105 e. The standard InChI is InChI=1S/C48H80N/c1-3-5-7-9-11-13-15-17-19-21-23-25-27-29-37-43-49(45-47-39-33-31-34-40-47,46-48-41-35-32-36-42-48)44-38-30-28-26-24-22-20-18-16-14-12-10-8-6-4-2/h3-4,31-36,39-42H,1-2,5-30,37-38,43-46H2/q+1. The van der Waals surface area contributed by atoms with Gasteiger partial charge in [-0.25, -0.2) is 0 Å². The molecule has 0 aliphatic carbocycles. The molecule has 0 saturated heterocycles. The average Bonchev–Trinajstić information content (AvgIpc) is 3.12. The van der Waals surface area contributed by atoms with E-state index in [9.17, 15) is 0 Å². The largest absolute Gasteiger partial charge is 0.316 e. The van der Waals surface area contributed by atoms with Crippen LogP contribution in [-0.2, 0) is 13.1 Å². The van der Waals surface area contributed by atoms with E-state index < -0.39 is 0 Å². The zero-order valence-corrected chi connectivity index (χ0v) is 32.4. The van der Waals surface area contributed by atoms with Crippen molar-refractivity contribution in [1.82, 2.24) is 0 Å². The summed E-state index contributed by atoms with van der Waals surface area (Å²) in [5.41, 5.74) is 3.01. The molecule has 0 aliphatic rings. The lowest BCUT2D eigenvalue weighted by atomic mass is 10.0. The molecular weight excluding hydrogens is 591 g/mol. The summed E-state index contributed by atoms with van der Waals surface area (Å²) in [6, 6.07) is 22.8. The summed E-state index contributed by atoms with van der Waals surface area (Å²) in [6.07, 6.45) is 43.2. The molecule has 1 heteroatoms. The Hall–Kier alpha value is -2.12. The maximum atomic E-state index is 3.83. The first kappa shape index (κ1) is 43.0. The summed E-state index contributed by atoms with van der Waals surface area (Å²) < 4.78 is 1.22. The highest BCUT2D eigenvalue weighted by Gasteiger charge is 2.27. The normalized spacial score (nSPS) is 11.6. The average molecular weight is 671 g/mol. The molecule has 0 atom stereocenters. The number of allylic oxidation sites excluding steroid dienone is 2. The summed E-state index contributed by atoms with van der Waals surface area (Å²) in [5.74, 6) is 0. The number of unbranched alkanes of at least 4 members (excludes halogenated alkanes) is 26. The van der Waals surface area contributed by atoms with Gasteiger partial charge in [-0.1, -0.05) is 201 Å². The summed E-state index contributed by atoms with van der Waals surface area (Å²) >= 11 is 0. The number of rotatable bonds is 36. The van der Waals surface area contributed by atoms with E-state index in [-0.39, 0.29) is 0 Å². The SMILES string of the molecule is C=CCCCCCCCCCCCCCCC[N+](CCCCCCCCCCCCCCCC=C)(Cc1ccccc1)Cc1ccccc1. The number of nitrogens with zero attached hydrogens (tertiary/aromatic N) is 1. The van der Waals surface area contributed by atoms with Crippen LogP contribution in [0.15, 0.2) is 86.0 Å². The van der Waals surface area contributed by atoms with Gasteiger partial charge in [0, 0.05) is 11.1 Å². The van der Waals surface area contributed by atoms with Crippen molar-refractivity contribution in [3.63, 3.8) is 0 Å². The molecule has 0 fully saturated rings. The highest BCUT2D eigenvalue weighted by molar-refractivity contribution is 5.15. The molecule has 2 rings (SSSR count). The van der Waals surface area contributed by atoms with E-state index in [1.165, 1.54) is 208 Å². The van der Waals surface area contributed by atoms with E-state index in [0.29, 0.717) is 0 Å². The van der Waals surface area contributed by atoms with Crippen LogP contribution in [0.5, 0.6) is 0 Å². The third-order valence-electron chi connectivity index (χ3n) is 10.8. The van der Waals surface area contributed by atoms with Gasteiger partial charge in [0.2, 0.25) is 0 Å². The fourth-order valence-electron chi connectivity index (χ4n) is 7.79. The van der Waals surface area contributed by atoms with Gasteiger partial charge in [-0.2, -0.15) is 0 Å². The van der Waals surface area contributed by atoms with Crippen LogP contribution in [0.1, 0.15) is 191 Å². The lowest BCUT2D eigenvalue weighted by Crippen LogP contribution is -2.48. The lowest BCUT2D eigenvalue weighted by molar-refractivity contribution is -0.954. The van der Waals surface area contributed by atoms with Gasteiger partial charge in [0.25, 0.3) is 0 Å². The molecule has 276 valence electrons. The van der Waals surface area contributed by atoms with Gasteiger partial charge in [-0.3, -0.25) is 0 Å². The first-order chi connectivity index (χ1) is 24.3. The van der Waals surface area contributed by atoms with Crippen LogP contribution in [0, 0.1) is 0 Å². The number of hydrogen-bond acceptors (Lipinski definition) is 0. The van der Waals surface area contributed by atoms with Crippen LogP contribution < -0.4 is 0 Å². The first-order valence-electron chi connectivity index (χ1n) is 21.4. The predicted octanol–water partition coefficient (Wildman–Crippen LogP) is 15.5. The van der Waals surface area contributed by atoms with Crippen molar-refractivity contribution in [2.75, 3.05) is 13.1 Å². The molecule has 0 radical (unpaired) electrons. The summed E-state index contributed by atoms with van der Waals surface area (Å²) in [4.78, 5) is 0. The molecule has 0 spiro atoms. The topological polar surface area (TPSA) is 0 Å². The van der Waals surface area contributed by atoms with Crippen LogP contribution in [0.25, 0.3) is 0 Å². The van der Waals surface area contributed by atoms with Crippen LogP contribution in [0.3, 0.4) is 0 Å². The molecule has 0 amide bonds. The molecule has 2 aromatic rings. The Bertz CT molecular complexity index is 897. The Morgan fingerprint density at radius 3 is 0.837 bits per heavy atom. The third kappa shape index (κ3) is 24.6. The first-order valence-corrected chi connectivity index (χ1v) is 21.4. The van der Waals surface area contributed by atoms with Gasteiger partial charge >= 0.3 is 0 Å². The highest BCUT2D eigenvalue weighted by atomic mass is 15.3. The Morgan fingerprint density at radius 1 is 0.327 bits per heavy atom. The van der Waals surface area contributed by atoms with Crippen molar-refractivity contribution in [3.8, 4) is 0 Å². The minimum absolute atomic E-state index is 1.16. The minimum atomic E-state index is 1.16. The van der Waals surface area contributed by atoms with Crippen molar-refractivity contribution in [3.05, 3.63) is 97.1 Å². The molecule has 49 heavy (non-hydrogen) atoms. The Morgan fingerprint density at radius 2 is 0.571 bits per heavy atom. The predicted molar refractivity (Wildman–Crippen MR) is 220 cm³/mol. The third-order valence-corrected chi connectivity index (χ3v) is 10.8. The second-order valence-electron chi connectivity index (χ2n) is 15.4. The summed E-state index contributed by atoms with van der Waals surface area (Å²) in [5, 5.41) is 0. The van der Waals surface area contributed by atoms with Crippen LogP contribution in [0.4, 0.5) is 0 Å². The lowest BCUT2D eigenvalue weighted by Gasteiger charge is -2.39. The minimum Gasteiger partial charge on any atom is -0.316 e. The molecule has 0 N–H and O–H groups in total. The molecule has 0 unspecified atom stereocenters. The van der Waals surface area contributed by atoms with Gasteiger partial charge in [0.15, 0.2) is 0 Å². The molecule has 2 aromatic carbocycles. The van der Waals surface area contributed by atoms with Gasteiger partial charge in [-0.05, 0) is 51.4 Å². The quantitative estimate of drug-likeness (QED) is 0.0384. The van der Waals surface area contributed by atoms with E-state index in [4.69, 9.17) is 0 Å². The highest BCUT2D eigenvalue weighted by Crippen LogP contribution is 2.24. The molecular formula is C48H80N+. The molecule has 0 aromatic heterocycles. The second kappa shape index (κ2) is 31.8. The van der Waals surface area contributed by atoms with E-state index in [2.05, 4.69) is 86.0 Å². The van der Waals surface area contributed by atoms with Gasteiger partial charge in [0.1, 0.15) is 13.1 Å². The zero-order valence-electron chi connectivity index (χ0n) is 32.4. The van der Waals surface area contributed by atoms with E-state index >= 15 is 0 Å². The van der Waals surface area contributed by atoms with Crippen molar-refractivity contribution < 1.29 is 4.48 Å². The van der Waals surface area contributed by atoms with E-state index in [1.807, 2.05) is 0 Å². The zero-order chi connectivity index (χ0) is 34.8. The molecule has 0 bridgehead atoms. The van der Waals surface area contributed by atoms with Gasteiger partial charge in [0.05, 0.1) is 13.1 Å². The molecule has 0 heterocycles. The second-order valence-corrected chi connectivity index (χ2v) is 15.4. The van der Waals surface area contributed by atoms with E-state index in [1.54, 1.807) is 0 Å². The fourth-order valence-corrected chi connectivity index (χ4v) is 7.79. The van der Waals surface area contributed by atoms with E-state index in [0.717, 1.165) is 13.1 Å². The maximum absolute atomic E-state index is 3.83. The van der Waals surface area contributed by atoms with Crippen molar-refractivity contribution >= 4 is 0 Å². The van der Waals surface area contributed by atoms with Crippen LogP contribution in [0.2, 0.25) is 0 Å². The van der Waals surface area contributed by atoms with Gasteiger partial charge < -0.3 is 4.48 Å². The summed E-state index contributed by atoms with van der Waals surface area (Å²) in [6.45, 7) is 12.6. The van der Waals surface area contributed by atoms with Crippen molar-refractivity contribution in [2.45, 2.75) is 193 Å². The smallest absolute Gasteiger partial charge is 0.105 e. The molecule has 0 saturated carbocycles. The monoisotopic (exact) mass is 671 g/mol. The number of benzene rings is 2. The van der Waals surface area contributed by atoms with Crippen LogP contribution >= 0.6 is 0 Å². The molecule has 1 nitrogen and oxygen atoms in total. The Labute approximate surface area is 306 Å². The van der Waals surface area contributed by atoms with Crippen LogP contribution in [-0.4, -0.2) is 17.6 Å². The molecule has 0 aliphatic heterocycles. The fraction of sp³-hybridized carbons (Fsp3) is 0.667. The Kier molecular flexibility index (Phi) is 28.0. The van der Waals surface area contributed by atoms with Crippen molar-refractivity contribution in [2.24, 2.45) is 0 Å². The number of quaternary nitrogens is 1.